The second-order valence-electron chi connectivity index (χ2n) is 8.60. The highest BCUT2D eigenvalue weighted by Gasteiger charge is 2.32. The average molecular weight is 478 g/mol. The van der Waals surface area contributed by atoms with Crippen molar-refractivity contribution in [1.82, 2.24) is 0 Å². The quantitative estimate of drug-likeness (QED) is 0.472. The Balaban J connectivity index is 2.65. The standard InChI is InChI=1S/C24H31NO7S/c1-14-18(12-13-19(26)32-24(3,4)5)21(25)15(2)22(20(14)23(27)31-7)33(28,29)17-10-8-16(30-6)9-11-17/h8-11H,12-13,25H2,1-7H3. The van der Waals surface area contributed by atoms with Crippen molar-refractivity contribution in [2.75, 3.05) is 20.0 Å². The number of ether oxygens (including phenoxy) is 3. The van der Waals surface area contributed by atoms with Crippen LogP contribution in [-0.2, 0) is 30.5 Å². The normalized spacial score (nSPS) is 11.7. The van der Waals surface area contributed by atoms with E-state index in [-0.39, 0.29) is 39.4 Å². The Bertz CT molecular complexity index is 1160. The van der Waals surface area contributed by atoms with Crippen molar-refractivity contribution < 1.29 is 32.2 Å². The van der Waals surface area contributed by atoms with Crippen LogP contribution >= 0.6 is 0 Å². The molecule has 0 aliphatic rings. The van der Waals surface area contributed by atoms with Crippen molar-refractivity contribution in [3.63, 3.8) is 0 Å². The van der Waals surface area contributed by atoms with Gasteiger partial charge >= 0.3 is 11.9 Å². The first-order valence-electron chi connectivity index (χ1n) is 10.3. The van der Waals surface area contributed by atoms with Gasteiger partial charge in [0.2, 0.25) is 9.84 Å². The number of nitrogens with two attached hydrogens (primary N) is 1. The highest BCUT2D eigenvalue weighted by molar-refractivity contribution is 7.91. The molecule has 2 rings (SSSR count). The number of hydrogen-bond donors (Lipinski definition) is 1. The summed E-state index contributed by atoms with van der Waals surface area (Å²) >= 11 is 0. The second-order valence-corrected chi connectivity index (χ2v) is 10.5. The maximum Gasteiger partial charge on any atom is 0.339 e. The van der Waals surface area contributed by atoms with Crippen LogP contribution in [-0.4, -0.2) is 40.2 Å². The predicted molar refractivity (Wildman–Crippen MR) is 124 cm³/mol. The summed E-state index contributed by atoms with van der Waals surface area (Å²) in [4.78, 5) is 24.7. The molecule has 0 bridgehead atoms. The van der Waals surface area contributed by atoms with Crippen LogP contribution in [0.4, 0.5) is 5.69 Å². The van der Waals surface area contributed by atoms with Crippen LogP contribution in [0.15, 0.2) is 34.1 Å². The zero-order valence-electron chi connectivity index (χ0n) is 20.1. The minimum Gasteiger partial charge on any atom is -0.497 e. The van der Waals surface area contributed by atoms with Crippen LogP contribution in [0, 0.1) is 13.8 Å². The summed E-state index contributed by atoms with van der Waals surface area (Å²) in [5, 5.41) is 0. The molecule has 0 saturated heterocycles. The Hall–Kier alpha value is -3.07. The van der Waals surface area contributed by atoms with Gasteiger partial charge in [-0.15, -0.1) is 0 Å². The molecule has 0 spiro atoms. The van der Waals surface area contributed by atoms with E-state index in [1.165, 1.54) is 45.4 Å². The van der Waals surface area contributed by atoms with Crippen LogP contribution in [0.1, 0.15) is 54.2 Å². The molecule has 0 aliphatic carbocycles. The lowest BCUT2D eigenvalue weighted by Crippen LogP contribution is -2.24. The molecular formula is C24H31NO7S. The average Bonchev–Trinajstić information content (AvgIpc) is 2.74. The molecule has 0 unspecified atom stereocenters. The third kappa shape index (κ3) is 5.65. The lowest BCUT2D eigenvalue weighted by molar-refractivity contribution is -0.154. The molecular weight excluding hydrogens is 446 g/mol. The Morgan fingerprint density at radius 1 is 1.00 bits per heavy atom. The summed E-state index contributed by atoms with van der Waals surface area (Å²) in [5.41, 5.74) is 6.88. The van der Waals surface area contributed by atoms with Gasteiger partial charge in [-0.25, -0.2) is 13.2 Å². The number of rotatable bonds is 7. The summed E-state index contributed by atoms with van der Waals surface area (Å²) in [6, 6.07) is 5.84. The molecule has 0 amide bonds. The van der Waals surface area contributed by atoms with Crippen molar-refractivity contribution in [2.45, 2.75) is 62.9 Å². The van der Waals surface area contributed by atoms with Gasteiger partial charge in [0.1, 0.15) is 11.4 Å². The number of nitrogen functional groups attached to an aromatic ring is 1. The topological polar surface area (TPSA) is 122 Å². The molecule has 0 atom stereocenters. The maximum atomic E-state index is 13.6. The van der Waals surface area contributed by atoms with Gasteiger partial charge in [0.05, 0.1) is 29.6 Å². The number of carbonyl (C=O) groups excluding carboxylic acids is 2. The zero-order valence-corrected chi connectivity index (χ0v) is 20.9. The Morgan fingerprint density at radius 2 is 1.58 bits per heavy atom. The van der Waals surface area contributed by atoms with Gasteiger partial charge in [0, 0.05) is 12.1 Å². The fraction of sp³-hybridized carbons (Fsp3) is 0.417. The van der Waals surface area contributed by atoms with Gasteiger partial charge in [-0.3, -0.25) is 4.79 Å². The number of benzene rings is 2. The summed E-state index contributed by atoms with van der Waals surface area (Å²) in [7, 11) is -1.47. The lowest BCUT2D eigenvalue weighted by Gasteiger charge is -2.22. The highest BCUT2D eigenvalue weighted by Crippen LogP contribution is 2.37. The zero-order chi connectivity index (χ0) is 25.1. The smallest absolute Gasteiger partial charge is 0.339 e. The number of hydrogen-bond acceptors (Lipinski definition) is 8. The minimum atomic E-state index is -4.13. The molecule has 33 heavy (non-hydrogen) atoms. The molecule has 0 aliphatic heterocycles. The van der Waals surface area contributed by atoms with E-state index >= 15 is 0 Å². The van der Waals surface area contributed by atoms with Gasteiger partial charge in [-0.2, -0.15) is 0 Å². The van der Waals surface area contributed by atoms with Crippen molar-refractivity contribution in [2.24, 2.45) is 0 Å². The predicted octanol–water partition coefficient (Wildman–Crippen LogP) is 3.79. The van der Waals surface area contributed by atoms with Crippen molar-refractivity contribution in [1.29, 1.82) is 0 Å². The van der Waals surface area contributed by atoms with E-state index in [0.29, 0.717) is 16.9 Å². The molecule has 0 aromatic heterocycles. The first kappa shape index (κ1) is 26.2. The van der Waals surface area contributed by atoms with Gasteiger partial charge in [-0.05, 0) is 82.0 Å². The molecule has 9 heteroatoms. The number of methoxy groups -OCH3 is 2. The molecule has 8 nitrogen and oxygen atoms in total. The maximum absolute atomic E-state index is 13.6. The SMILES string of the molecule is COC(=O)c1c(C)c(CCC(=O)OC(C)(C)C)c(N)c(C)c1S(=O)(=O)c1ccc(OC)cc1. The number of anilines is 1. The van der Waals surface area contributed by atoms with Gasteiger partial charge in [-0.1, -0.05) is 0 Å². The van der Waals surface area contributed by atoms with Crippen molar-refractivity contribution in [3.05, 3.63) is 46.5 Å². The van der Waals surface area contributed by atoms with E-state index in [9.17, 15) is 18.0 Å². The Labute approximate surface area is 194 Å². The van der Waals surface area contributed by atoms with Gasteiger partial charge < -0.3 is 19.9 Å². The van der Waals surface area contributed by atoms with E-state index in [1.54, 1.807) is 27.7 Å². The van der Waals surface area contributed by atoms with Gasteiger partial charge in [0.15, 0.2) is 0 Å². The van der Waals surface area contributed by atoms with E-state index in [4.69, 9.17) is 19.9 Å². The van der Waals surface area contributed by atoms with Crippen LogP contribution in [0.3, 0.4) is 0 Å². The summed E-state index contributed by atoms with van der Waals surface area (Å²) in [6.07, 6.45) is 0.202. The summed E-state index contributed by atoms with van der Waals surface area (Å²) in [5.74, 6) is -0.734. The number of sulfone groups is 1. The minimum absolute atomic E-state index is 0.0168. The first-order valence-corrected chi connectivity index (χ1v) is 11.8. The number of carbonyl (C=O) groups is 2. The fourth-order valence-corrected chi connectivity index (χ4v) is 5.31. The van der Waals surface area contributed by atoms with Crippen LogP contribution in [0.5, 0.6) is 5.75 Å². The first-order chi connectivity index (χ1) is 15.2. The number of esters is 2. The third-order valence-corrected chi connectivity index (χ3v) is 7.09. The van der Waals surface area contributed by atoms with Crippen LogP contribution in [0.2, 0.25) is 0 Å². The second kappa shape index (κ2) is 9.82. The Kier molecular flexibility index (Phi) is 7.79. The molecule has 0 saturated carbocycles. The molecule has 0 fully saturated rings. The third-order valence-electron chi connectivity index (χ3n) is 5.15. The van der Waals surface area contributed by atoms with Crippen molar-refractivity contribution >= 4 is 27.5 Å². The van der Waals surface area contributed by atoms with E-state index in [0.717, 1.165) is 0 Å². The van der Waals surface area contributed by atoms with Crippen molar-refractivity contribution in [3.8, 4) is 5.75 Å². The van der Waals surface area contributed by atoms with E-state index < -0.39 is 27.4 Å². The Morgan fingerprint density at radius 3 is 2.06 bits per heavy atom. The largest absolute Gasteiger partial charge is 0.497 e. The molecule has 180 valence electrons. The molecule has 2 aromatic rings. The molecule has 0 radical (unpaired) electrons. The van der Waals surface area contributed by atoms with E-state index in [1.807, 2.05) is 0 Å². The molecule has 0 heterocycles. The van der Waals surface area contributed by atoms with E-state index in [2.05, 4.69) is 0 Å². The van der Waals surface area contributed by atoms with Crippen LogP contribution < -0.4 is 10.5 Å². The summed E-state index contributed by atoms with van der Waals surface area (Å²) in [6.45, 7) is 8.43. The fourth-order valence-electron chi connectivity index (χ4n) is 3.56. The monoisotopic (exact) mass is 477 g/mol. The molecule has 2 N–H and O–H groups in total. The highest BCUT2D eigenvalue weighted by atomic mass is 32.2. The summed E-state index contributed by atoms with van der Waals surface area (Å²) < 4.78 is 42.5. The molecule has 2 aromatic carbocycles. The lowest BCUT2D eigenvalue weighted by atomic mass is 9.93. The van der Waals surface area contributed by atoms with Crippen LogP contribution in [0.25, 0.3) is 0 Å². The van der Waals surface area contributed by atoms with Gasteiger partial charge in [0.25, 0.3) is 0 Å².